The summed E-state index contributed by atoms with van der Waals surface area (Å²) in [6, 6.07) is 0. The van der Waals surface area contributed by atoms with Crippen molar-refractivity contribution in [1.29, 1.82) is 0 Å². The van der Waals surface area contributed by atoms with Gasteiger partial charge < -0.3 is 5.48 Å². The second-order valence-corrected chi connectivity index (χ2v) is 13.1. The molecule has 1 heteroatoms. The predicted octanol–water partition coefficient (Wildman–Crippen LogP) is 8.31. The fourth-order valence-electron chi connectivity index (χ4n) is 9.96. The second-order valence-electron chi connectivity index (χ2n) is 13.1. The number of fused-ring (bicyclic) bond motifs is 5. The molecule has 4 rings (SSSR count). The first-order valence-corrected chi connectivity index (χ1v) is 13.8. The van der Waals surface area contributed by atoms with Gasteiger partial charge in [0.05, 0.1) is 0 Å². The van der Waals surface area contributed by atoms with Crippen molar-refractivity contribution in [2.24, 2.45) is 58.2 Å². The first kappa shape index (κ1) is 24.6. The van der Waals surface area contributed by atoms with Crippen molar-refractivity contribution in [2.45, 2.75) is 125 Å². The van der Waals surface area contributed by atoms with Crippen LogP contribution >= 0.6 is 0 Å². The van der Waals surface area contributed by atoms with Gasteiger partial charge in [0, 0.05) is 0 Å². The third kappa shape index (κ3) is 4.04. The van der Waals surface area contributed by atoms with Crippen LogP contribution in [0.5, 0.6) is 0 Å². The predicted molar refractivity (Wildman–Crippen MR) is 130 cm³/mol. The van der Waals surface area contributed by atoms with Crippen molar-refractivity contribution in [3.05, 3.63) is 0 Å². The Bertz CT molecular complexity index is 555. The second kappa shape index (κ2) is 9.44. The van der Waals surface area contributed by atoms with Gasteiger partial charge in [-0.05, 0) is 116 Å². The SMILES string of the molecule is CCC(CCC(C)C1CCC2C3CCC4CCCCC4(C)C3CCC12C)C(C)C.O. The van der Waals surface area contributed by atoms with Gasteiger partial charge >= 0.3 is 0 Å². The maximum Gasteiger partial charge on any atom is -0.0264 e. The molecule has 0 heterocycles. The van der Waals surface area contributed by atoms with Crippen molar-refractivity contribution >= 4 is 0 Å². The minimum atomic E-state index is 0. The lowest BCUT2D eigenvalue weighted by molar-refractivity contribution is -0.114. The van der Waals surface area contributed by atoms with Gasteiger partial charge in [0.2, 0.25) is 0 Å². The molecule has 1 nitrogen and oxygen atoms in total. The summed E-state index contributed by atoms with van der Waals surface area (Å²) in [5.41, 5.74) is 1.37. The van der Waals surface area contributed by atoms with Gasteiger partial charge in [-0.1, -0.05) is 67.2 Å². The van der Waals surface area contributed by atoms with E-state index in [4.69, 9.17) is 0 Å². The normalized spacial score (nSPS) is 45.1. The zero-order valence-corrected chi connectivity index (χ0v) is 21.3. The standard InChI is InChI=1S/C29H52.H2O/c1-7-22(20(2)3)12-11-21(4)25-15-16-26-24-14-13-23-10-8-9-18-28(23,5)27(24)17-19-29(25,26)6;/h20-27H,7-19H2,1-6H3;1H2. The van der Waals surface area contributed by atoms with E-state index in [-0.39, 0.29) is 5.48 Å². The van der Waals surface area contributed by atoms with Crippen LogP contribution in [0.15, 0.2) is 0 Å². The molecule has 0 spiro atoms. The minimum absolute atomic E-state index is 0. The molecule has 2 N–H and O–H groups in total. The molecule has 0 aliphatic heterocycles. The van der Waals surface area contributed by atoms with Gasteiger partial charge in [-0.25, -0.2) is 0 Å². The van der Waals surface area contributed by atoms with E-state index < -0.39 is 0 Å². The third-order valence-corrected chi connectivity index (χ3v) is 11.8. The molecule has 0 saturated heterocycles. The van der Waals surface area contributed by atoms with Crippen molar-refractivity contribution in [2.75, 3.05) is 0 Å². The zero-order valence-electron chi connectivity index (χ0n) is 21.3. The summed E-state index contributed by atoms with van der Waals surface area (Å²) in [4.78, 5) is 0. The van der Waals surface area contributed by atoms with E-state index in [1.54, 1.807) is 51.4 Å². The highest BCUT2D eigenvalue weighted by atomic mass is 16.0. The monoisotopic (exact) mass is 418 g/mol. The molecule has 4 aliphatic carbocycles. The third-order valence-electron chi connectivity index (χ3n) is 11.8. The molecular weight excluding hydrogens is 364 g/mol. The topological polar surface area (TPSA) is 31.5 Å². The maximum atomic E-state index is 2.76. The molecule has 4 saturated carbocycles. The van der Waals surface area contributed by atoms with Crippen LogP contribution in [0.3, 0.4) is 0 Å². The molecule has 0 aromatic heterocycles. The van der Waals surface area contributed by atoms with E-state index in [0.29, 0.717) is 10.8 Å². The van der Waals surface area contributed by atoms with Gasteiger partial charge in [0.25, 0.3) is 0 Å². The molecule has 4 fully saturated rings. The lowest BCUT2D eigenvalue weighted by atomic mass is 9.44. The minimum Gasteiger partial charge on any atom is -0.412 e. The highest BCUT2D eigenvalue weighted by molar-refractivity contribution is 5.09. The van der Waals surface area contributed by atoms with Crippen molar-refractivity contribution < 1.29 is 5.48 Å². The average molecular weight is 419 g/mol. The van der Waals surface area contributed by atoms with Crippen molar-refractivity contribution in [3.8, 4) is 0 Å². The molecule has 0 radical (unpaired) electrons. The molecule has 176 valence electrons. The first-order chi connectivity index (χ1) is 13.8. The Kier molecular flexibility index (Phi) is 7.74. The van der Waals surface area contributed by atoms with Crippen LogP contribution in [0.25, 0.3) is 0 Å². The fraction of sp³-hybridized carbons (Fsp3) is 1.00. The van der Waals surface area contributed by atoms with Crippen LogP contribution in [0.2, 0.25) is 0 Å². The highest BCUT2D eigenvalue weighted by Crippen LogP contribution is 2.68. The molecule has 4 aliphatic rings. The summed E-state index contributed by atoms with van der Waals surface area (Å²) in [7, 11) is 0. The summed E-state index contributed by atoms with van der Waals surface area (Å²) in [5, 5.41) is 0. The molecule has 0 aromatic carbocycles. The number of rotatable bonds is 6. The Hall–Kier alpha value is -0.0400. The molecule has 9 unspecified atom stereocenters. The van der Waals surface area contributed by atoms with Crippen molar-refractivity contribution in [1.82, 2.24) is 0 Å². The smallest absolute Gasteiger partial charge is 0.0264 e. The molecule has 0 amide bonds. The molecule has 9 atom stereocenters. The number of hydrogen-bond acceptors (Lipinski definition) is 0. The van der Waals surface area contributed by atoms with E-state index >= 15 is 0 Å². The number of hydrogen-bond donors (Lipinski definition) is 0. The van der Waals surface area contributed by atoms with Gasteiger partial charge in [-0.3, -0.25) is 0 Å². The van der Waals surface area contributed by atoms with Crippen LogP contribution in [-0.4, -0.2) is 5.48 Å². The lowest BCUT2D eigenvalue weighted by Gasteiger charge is -2.61. The summed E-state index contributed by atoms with van der Waals surface area (Å²) < 4.78 is 0. The van der Waals surface area contributed by atoms with Gasteiger partial charge in [0.15, 0.2) is 0 Å². The Morgan fingerprint density at radius 2 is 1.50 bits per heavy atom. The summed E-state index contributed by atoms with van der Waals surface area (Å²) >= 11 is 0. The molecule has 30 heavy (non-hydrogen) atoms. The van der Waals surface area contributed by atoms with Crippen LogP contribution in [0.4, 0.5) is 0 Å². The van der Waals surface area contributed by atoms with E-state index in [1.165, 1.54) is 32.1 Å². The first-order valence-electron chi connectivity index (χ1n) is 13.8. The molecule has 0 bridgehead atoms. The Balaban J connectivity index is 0.00000256. The van der Waals surface area contributed by atoms with E-state index in [0.717, 1.165) is 47.3 Å². The van der Waals surface area contributed by atoms with E-state index in [2.05, 4.69) is 41.5 Å². The van der Waals surface area contributed by atoms with E-state index in [1.807, 2.05) is 0 Å². The van der Waals surface area contributed by atoms with E-state index in [9.17, 15) is 0 Å². The Labute approximate surface area is 188 Å². The van der Waals surface area contributed by atoms with Crippen molar-refractivity contribution in [3.63, 3.8) is 0 Å². The van der Waals surface area contributed by atoms with Crippen LogP contribution in [0, 0.1) is 58.2 Å². The average Bonchev–Trinajstić information content (AvgIpc) is 3.05. The van der Waals surface area contributed by atoms with Gasteiger partial charge in [-0.2, -0.15) is 0 Å². The zero-order chi connectivity index (χ0) is 20.8. The van der Waals surface area contributed by atoms with Gasteiger partial charge in [-0.15, -0.1) is 0 Å². The molecular formula is C29H54O. The maximum absolute atomic E-state index is 2.76. The summed E-state index contributed by atoms with van der Waals surface area (Å²) in [6.07, 6.45) is 19.8. The Morgan fingerprint density at radius 1 is 0.767 bits per heavy atom. The van der Waals surface area contributed by atoms with Crippen LogP contribution in [0.1, 0.15) is 125 Å². The Morgan fingerprint density at radius 3 is 2.20 bits per heavy atom. The van der Waals surface area contributed by atoms with Crippen LogP contribution in [-0.2, 0) is 0 Å². The summed E-state index contributed by atoms with van der Waals surface area (Å²) in [5.74, 6) is 8.02. The lowest BCUT2D eigenvalue weighted by Crippen LogP contribution is -2.53. The van der Waals surface area contributed by atoms with Crippen LogP contribution < -0.4 is 0 Å². The fourth-order valence-corrected chi connectivity index (χ4v) is 9.96. The highest BCUT2D eigenvalue weighted by Gasteiger charge is 2.60. The summed E-state index contributed by atoms with van der Waals surface area (Å²) in [6.45, 7) is 15.4. The van der Waals surface area contributed by atoms with Gasteiger partial charge in [0.1, 0.15) is 0 Å². The quantitative estimate of drug-likeness (QED) is 0.415. The largest absolute Gasteiger partial charge is 0.412 e. The molecule has 0 aromatic rings.